The first-order chi connectivity index (χ1) is 11.1. The van der Waals surface area contributed by atoms with Crippen LogP contribution in [0.4, 0.5) is 4.39 Å². The summed E-state index contributed by atoms with van der Waals surface area (Å²) in [5.74, 6) is 0.430. The molecule has 23 heavy (non-hydrogen) atoms. The van der Waals surface area contributed by atoms with Crippen LogP contribution in [0.1, 0.15) is 18.6 Å². The van der Waals surface area contributed by atoms with Gasteiger partial charge in [0.25, 0.3) is 5.91 Å². The van der Waals surface area contributed by atoms with Gasteiger partial charge >= 0.3 is 0 Å². The Kier molecular flexibility index (Phi) is 4.39. The average molecular weight is 329 g/mol. The standard InChI is InChI=1S/C18H16FNO2S/c1-11-17(18(20)21)23-10-16(22-11)15-5-3-2-4-14(15)12-6-8-13(19)9-7-12/h2-9,16H,10H2,1H3,(H2,20,21). The SMILES string of the molecule is CC1=C(C(N)=O)SCC(c2ccccc2-c2ccc(F)cc2)O1. The maximum absolute atomic E-state index is 13.1. The zero-order valence-corrected chi connectivity index (χ0v) is 13.4. The highest BCUT2D eigenvalue weighted by molar-refractivity contribution is 8.04. The van der Waals surface area contributed by atoms with Gasteiger partial charge < -0.3 is 10.5 Å². The third kappa shape index (κ3) is 3.24. The molecule has 2 aromatic carbocycles. The molecule has 1 aliphatic rings. The Morgan fingerprint density at radius 2 is 1.91 bits per heavy atom. The Bertz CT molecular complexity index is 771. The van der Waals surface area contributed by atoms with Crippen LogP contribution in [-0.4, -0.2) is 11.7 Å². The fraction of sp³-hybridized carbons (Fsp3) is 0.167. The van der Waals surface area contributed by atoms with E-state index < -0.39 is 5.91 Å². The van der Waals surface area contributed by atoms with E-state index in [9.17, 15) is 9.18 Å². The first-order valence-electron chi connectivity index (χ1n) is 7.21. The van der Waals surface area contributed by atoms with Crippen molar-refractivity contribution in [3.8, 4) is 11.1 Å². The van der Waals surface area contributed by atoms with Crippen LogP contribution >= 0.6 is 11.8 Å². The van der Waals surface area contributed by atoms with Gasteiger partial charge in [-0.05, 0) is 30.2 Å². The molecule has 3 nitrogen and oxygen atoms in total. The molecule has 1 aliphatic heterocycles. The van der Waals surface area contributed by atoms with Gasteiger partial charge in [-0.2, -0.15) is 0 Å². The smallest absolute Gasteiger partial charge is 0.258 e. The fourth-order valence-corrected chi connectivity index (χ4v) is 3.59. The summed E-state index contributed by atoms with van der Waals surface area (Å²) in [7, 11) is 0. The van der Waals surface area contributed by atoms with Gasteiger partial charge in [0.15, 0.2) is 0 Å². The zero-order chi connectivity index (χ0) is 16.4. The molecule has 1 amide bonds. The van der Waals surface area contributed by atoms with Crippen LogP contribution in [0.5, 0.6) is 0 Å². The topological polar surface area (TPSA) is 52.3 Å². The Morgan fingerprint density at radius 1 is 1.22 bits per heavy atom. The molecule has 118 valence electrons. The van der Waals surface area contributed by atoms with Crippen molar-refractivity contribution in [2.24, 2.45) is 5.73 Å². The minimum absolute atomic E-state index is 0.177. The van der Waals surface area contributed by atoms with Crippen molar-refractivity contribution in [3.05, 3.63) is 70.6 Å². The summed E-state index contributed by atoms with van der Waals surface area (Å²) in [6, 6.07) is 14.3. The Balaban J connectivity index is 1.96. The number of carbonyl (C=O) groups excluding carboxylic acids is 1. The van der Waals surface area contributed by atoms with Crippen molar-refractivity contribution in [2.75, 3.05) is 5.75 Å². The molecular formula is C18H16FNO2S. The Labute approximate surface area is 138 Å². The van der Waals surface area contributed by atoms with Crippen molar-refractivity contribution < 1.29 is 13.9 Å². The highest BCUT2D eigenvalue weighted by Crippen LogP contribution is 2.39. The number of primary amides is 1. The van der Waals surface area contributed by atoms with Crippen molar-refractivity contribution >= 4 is 17.7 Å². The fourth-order valence-electron chi connectivity index (χ4n) is 2.63. The van der Waals surface area contributed by atoms with Gasteiger partial charge in [-0.15, -0.1) is 11.8 Å². The van der Waals surface area contributed by atoms with E-state index in [2.05, 4.69) is 0 Å². The van der Waals surface area contributed by atoms with Crippen molar-refractivity contribution in [1.29, 1.82) is 0 Å². The number of nitrogens with two attached hydrogens (primary N) is 1. The van der Waals surface area contributed by atoms with Gasteiger partial charge in [0.2, 0.25) is 0 Å². The normalized spacial score (nSPS) is 17.7. The highest BCUT2D eigenvalue weighted by Gasteiger charge is 2.26. The second-order valence-electron chi connectivity index (χ2n) is 5.26. The number of benzene rings is 2. The molecule has 3 rings (SSSR count). The number of allylic oxidation sites excluding steroid dienone is 1. The van der Waals surface area contributed by atoms with E-state index in [4.69, 9.17) is 10.5 Å². The summed E-state index contributed by atoms with van der Waals surface area (Å²) in [5, 5.41) is 0. The summed E-state index contributed by atoms with van der Waals surface area (Å²) in [5.41, 5.74) is 8.28. The number of hydrogen-bond acceptors (Lipinski definition) is 3. The molecule has 2 aromatic rings. The molecule has 0 radical (unpaired) electrons. The molecular weight excluding hydrogens is 313 g/mol. The molecule has 1 atom stereocenters. The summed E-state index contributed by atoms with van der Waals surface area (Å²) in [6.07, 6.45) is -0.177. The minimum atomic E-state index is -0.460. The lowest BCUT2D eigenvalue weighted by Crippen LogP contribution is -2.20. The molecule has 0 saturated heterocycles. The minimum Gasteiger partial charge on any atom is -0.488 e. The van der Waals surface area contributed by atoms with Crippen LogP contribution in [-0.2, 0) is 9.53 Å². The number of thioether (sulfide) groups is 1. The number of ether oxygens (including phenoxy) is 1. The van der Waals surface area contributed by atoms with E-state index in [1.165, 1.54) is 23.9 Å². The predicted molar refractivity (Wildman–Crippen MR) is 90.0 cm³/mol. The molecule has 0 aliphatic carbocycles. The number of rotatable bonds is 3. The van der Waals surface area contributed by atoms with Crippen molar-refractivity contribution in [1.82, 2.24) is 0 Å². The largest absolute Gasteiger partial charge is 0.488 e. The van der Waals surface area contributed by atoms with E-state index in [-0.39, 0.29) is 11.9 Å². The molecule has 2 N–H and O–H groups in total. The quantitative estimate of drug-likeness (QED) is 0.925. The van der Waals surface area contributed by atoms with Gasteiger partial charge in [0.1, 0.15) is 22.6 Å². The summed E-state index contributed by atoms with van der Waals surface area (Å²) >= 11 is 1.41. The Morgan fingerprint density at radius 3 is 2.57 bits per heavy atom. The Hall–Kier alpha value is -2.27. The summed E-state index contributed by atoms with van der Waals surface area (Å²) in [6.45, 7) is 1.75. The van der Waals surface area contributed by atoms with Crippen LogP contribution in [0.15, 0.2) is 59.2 Å². The van der Waals surface area contributed by atoms with Crippen molar-refractivity contribution in [2.45, 2.75) is 13.0 Å². The molecule has 5 heteroatoms. The van der Waals surface area contributed by atoms with E-state index in [0.717, 1.165) is 16.7 Å². The molecule has 0 aromatic heterocycles. The lowest BCUT2D eigenvalue weighted by atomic mass is 9.96. The summed E-state index contributed by atoms with van der Waals surface area (Å²) in [4.78, 5) is 11.8. The van der Waals surface area contributed by atoms with Gasteiger partial charge in [0, 0.05) is 11.3 Å². The summed E-state index contributed by atoms with van der Waals surface area (Å²) < 4.78 is 19.1. The van der Waals surface area contributed by atoms with Gasteiger partial charge in [0.05, 0.1) is 0 Å². The predicted octanol–water partition coefficient (Wildman–Crippen LogP) is 4.01. The molecule has 0 fully saturated rings. The number of hydrogen-bond donors (Lipinski definition) is 1. The third-order valence-corrected chi connectivity index (χ3v) is 4.95. The van der Waals surface area contributed by atoms with Gasteiger partial charge in [-0.25, -0.2) is 4.39 Å². The maximum Gasteiger partial charge on any atom is 0.258 e. The average Bonchev–Trinajstić information content (AvgIpc) is 2.55. The van der Waals surface area contributed by atoms with Crippen LogP contribution in [0.2, 0.25) is 0 Å². The van der Waals surface area contributed by atoms with Crippen LogP contribution in [0, 0.1) is 5.82 Å². The van der Waals surface area contributed by atoms with E-state index >= 15 is 0 Å². The number of amides is 1. The molecule has 1 heterocycles. The van der Waals surface area contributed by atoms with Crippen LogP contribution in [0.25, 0.3) is 11.1 Å². The van der Waals surface area contributed by atoms with Crippen LogP contribution < -0.4 is 5.73 Å². The first-order valence-corrected chi connectivity index (χ1v) is 8.20. The lowest BCUT2D eigenvalue weighted by Gasteiger charge is -2.27. The second-order valence-corrected chi connectivity index (χ2v) is 6.29. The molecule has 1 unspecified atom stereocenters. The number of halogens is 1. The van der Waals surface area contributed by atoms with E-state index in [1.54, 1.807) is 19.1 Å². The zero-order valence-electron chi connectivity index (χ0n) is 12.6. The third-order valence-electron chi connectivity index (χ3n) is 3.70. The van der Waals surface area contributed by atoms with Crippen molar-refractivity contribution in [3.63, 3.8) is 0 Å². The van der Waals surface area contributed by atoms with Gasteiger partial charge in [-0.1, -0.05) is 36.4 Å². The monoisotopic (exact) mass is 329 g/mol. The second kappa shape index (κ2) is 6.46. The first kappa shape index (κ1) is 15.6. The van der Waals surface area contributed by atoms with Crippen LogP contribution in [0.3, 0.4) is 0 Å². The van der Waals surface area contributed by atoms with E-state index in [0.29, 0.717) is 16.4 Å². The van der Waals surface area contributed by atoms with E-state index in [1.807, 2.05) is 24.3 Å². The highest BCUT2D eigenvalue weighted by atomic mass is 32.2. The molecule has 0 bridgehead atoms. The molecule has 0 spiro atoms. The molecule has 0 saturated carbocycles. The number of carbonyl (C=O) groups is 1. The van der Waals surface area contributed by atoms with Gasteiger partial charge in [-0.3, -0.25) is 4.79 Å². The maximum atomic E-state index is 13.1. The lowest BCUT2D eigenvalue weighted by molar-refractivity contribution is -0.114.